The van der Waals surface area contributed by atoms with Crippen LogP contribution in [0.25, 0.3) is 0 Å². The molecule has 0 amide bonds. The third-order valence-electron chi connectivity index (χ3n) is 1.50. The molecule has 0 spiro atoms. The number of benzene rings is 1. The first-order valence-corrected chi connectivity index (χ1v) is 8.24. The summed E-state index contributed by atoms with van der Waals surface area (Å²) in [6.45, 7) is 6.36. The Morgan fingerprint density at radius 1 is 1.29 bits per heavy atom. The molecule has 0 atom stereocenters. The van der Waals surface area contributed by atoms with Gasteiger partial charge in [0, 0.05) is 5.02 Å². The lowest BCUT2D eigenvalue weighted by atomic mass is 10.2. The van der Waals surface area contributed by atoms with Crippen LogP contribution in [0.2, 0.25) is 24.7 Å². The van der Waals surface area contributed by atoms with Gasteiger partial charge in [-0.05, 0) is 18.2 Å². The van der Waals surface area contributed by atoms with Crippen molar-refractivity contribution in [2.24, 2.45) is 0 Å². The Morgan fingerprint density at radius 2 is 1.93 bits per heavy atom. The van der Waals surface area contributed by atoms with E-state index in [9.17, 15) is 4.39 Å². The van der Waals surface area contributed by atoms with Crippen molar-refractivity contribution in [2.75, 3.05) is 0 Å². The second-order valence-corrected chi connectivity index (χ2v) is 9.31. The summed E-state index contributed by atoms with van der Waals surface area (Å²) in [5.41, 5.74) is 3.53. The average Bonchev–Trinajstić information content (AvgIpc) is 2.00. The van der Waals surface area contributed by atoms with Gasteiger partial charge in [-0.3, -0.25) is 0 Å². The van der Waals surface area contributed by atoms with E-state index < -0.39 is 8.07 Å². The summed E-state index contributed by atoms with van der Waals surface area (Å²) in [5.74, 6) is 2.51. The van der Waals surface area contributed by atoms with Crippen molar-refractivity contribution in [3.05, 3.63) is 34.6 Å². The highest BCUT2D eigenvalue weighted by atomic mass is 35.5. The van der Waals surface area contributed by atoms with Gasteiger partial charge in [0.15, 0.2) is 0 Å². The molecule has 0 N–H and O–H groups in total. The summed E-state index contributed by atoms with van der Waals surface area (Å²) < 4.78 is 13.3. The molecular formula is C11H12ClFSi. The minimum atomic E-state index is -1.44. The van der Waals surface area contributed by atoms with Gasteiger partial charge >= 0.3 is 0 Å². The maximum atomic E-state index is 13.3. The molecule has 1 rings (SSSR count). The zero-order chi connectivity index (χ0) is 10.8. The first-order chi connectivity index (χ1) is 6.38. The van der Waals surface area contributed by atoms with Crippen LogP contribution < -0.4 is 0 Å². The summed E-state index contributed by atoms with van der Waals surface area (Å²) in [7, 11) is -1.44. The molecule has 0 aliphatic heterocycles. The minimum Gasteiger partial charge on any atom is -0.206 e. The molecule has 0 nitrogen and oxygen atoms in total. The van der Waals surface area contributed by atoms with Gasteiger partial charge in [0.1, 0.15) is 13.9 Å². The van der Waals surface area contributed by atoms with Crippen molar-refractivity contribution in [3.8, 4) is 11.5 Å². The molecule has 0 bridgehead atoms. The van der Waals surface area contributed by atoms with Crippen LogP contribution in [0.1, 0.15) is 5.56 Å². The van der Waals surface area contributed by atoms with E-state index in [0.717, 1.165) is 0 Å². The van der Waals surface area contributed by atoms with Crippen molar-refractivity contribution in [3.63, 3.8) is 0 Å². The van der Waals surface area contributed by atoms with Gasteiger partial charge < -0.3 is 0 Å². The molecule has 0 heterocycles. The molecule has 74 valence electrons. The predicted molar refractivity (Wildman–Crippen MR) is 61.6 cm³/mol. The first kappa shape index (κ1) is 11.3. The molecule has 1 aromatic rings. The van der Waals surface area contributed by atoms with Crippen LogP contribution in [0, 0.1) is 17.3 Å². The van der Waals surface area contributed by atoms with Gasteiger partial charge in [0.05, 0.1) is 5.56 Å². The van der Waals surface area contributed by atoms with Crippen molar-refractivity contribution in [1.82, 2.24) is 0 Å². The second-order valence-electron chi connectivity index (χ2n) is 4.12. The molecule has 0 aliphatic rings. The molecule has 0 unspecified atom stereocenters. The monoisotopic (exact) mass is 226 g/mol. The maximum Gasteiger partial charge on any atom is 0.140 e. The zero-order valence-electron chi connectivity index (χ0n) is 8.49. The van der Waals surface area contributed by atoms with E-state index in [-0.39, 0.29) is 5.82 Å². The number of hydrogen-bond donors (Lipinski definition) is 0. The lowest BCUT2D eigenvalue weighted by molar-refractivity contribution is 0.624. The van der Waals surface area contributed by atoms with E-state index in [1.54, 1.807) is 12.1 Å². The molecule has 0 fully saturated rings. The van der Waals surface area contributed by atoms with Crippen LogP contribution >= 0.6 is 11.6 Å². The van der Waals surface area contributed by atoms with Gasteiger partial charge in [-0.15, -0.1) is 5.54 Å². The third-order valence-corrected chi connectivity index (χ3v) is 2.61. The smallest absolute Gasteiger partial charge is 0.140 e. The van der Waals surface area contributed by atoms with Crippen LogP contribution in [0.4, 0.5) is 4.39 Å². The highest BCUT2D eigenvalue weighted by Gasteiger charge is 2.08. The topological polar surface area (TPSA) is 0 Å². The van der Waals surface area contributed by atoms with Crippen molar-refractivity contribution in [1.29, 1.82) is 0 Å². The van der Waals surface area contributed by atoms with Gasteiger partial charge in [-0.25, -0.2) is 4.39 Å². The quantitative estimate of drug-likeness (QED) is 0.467. The zero-order valence-corrected chi connectivity index (χ0v) is 10.2. The van der Waals surface area contributed by atoms with Gasteiger partial charge in [0.25, 0.3) is 0 Å². The maximum absolute atomic E-state index is 13.3. The second kappa shape index (κ2) is 4.16. The lowest BCUT2D eigenvalue weighted by Gasteiger charge is -2.03. The number of halogens is 2. The Hall–Kier alpha value is -0.783. The van der Waals surface area contributed by atoms with E-state index in [0.29, 0.717) is 10.6 Å². The van der Waals surface area contributed by atoms with Crippen molar-refractivity contribution < 1.29 is 4.39 Å². The highest BCUT2D eigenvalue weighted by molar-refractivity contribution is 6.83. The Bertz CT molecular complexity index is 396. The molecule has 0 aromatic heterocycles. The number of hydrogen-bond acceptors (Lipinski definition) is 0. The van der Waals surface area contributed by atoms with E-state index in [1.165, 1.54) is 6.07 Å². The van der Waals surface area contributed by atoms with E-state index >= 15 is 0 Å². The largest absolute Gasteiger partial charge is 0.206 e. The molecule has 0 radical (unpaired) electrons. The van der Waals surface area contributed by atoms with Crippen LogP contribution in [0.3, 0.4) is 0 Å². The summed E-state index contributed by atoms with van der Waals surface area (Å²) in [6, 6.07) is 4.56. The molecule has 1 aromatic carbocycles. The van der Waals surface area contributed by atoms with Crippen molar-refractivity contribution >= 4 is 19.7 Å². The fourth-order valence-corrected chi connectivity index (χ4v) is 1.51. The Labute approximate surface area is 90.1 Å². The normalized spacial score (nSPS) is 10.6. The summed E-state index contributed by atoms with van der Waals surface area (Å²) >= 11 is 5.63. The predicted octanol–water partition coefficient (Wildman–Crippen LogP) is 3.71. The van der Waals surface area contributed by atoms with Crippen LogP contribution in [-0.2, 0) is 0 Å². The summed E-state index contributed by atoms with van der Waals surface area (Å²) in [6.07, 6.45) is 0. The minimum absolute atomic E-state index is 0.344. The van der Waals surface area contributed by atoms with Crippen LogP contribution in [-0.4, -0.2) is 8.07 Å². The Morgan fingerprint density at radius 3 is 2.43 bits per heavy atom. The van der Waals surface area contributed by atoms with Crippen molar-refractivity contribution in [2.45, 2.75) is 19.6 Å². The third kappa shape index (κ3) is 3.53. The summed E-state index contributed by atoms with van der Waals surface area (Å²) in [4.78, 5) is 0. The SMILES string of the molecule is C[Si](C)(C)C#Cc1ccc(Cl)cc1F. The summed E-state index contributed by atoms with van der Waals surface area (Å²) in [5, 5.41) is 0.404. The standard InChI is InChI=1S/C11H12ClFSi/c1-14(2,3)7-6-9-4-5-10(12)8-11(9)13/h4-5,8H,1-3H3. The fourth-order valence-electron chi connectivity index (χ4n) is 0.846. The van der Waals surface area contributed by atoms with E-state index in [4.69, 9.17) is 11.6 Å². The first-order valence-electron chi connectivity index (χ1n) is 4.37. The highest BCUT2D eigenvalue weighted by Crippen LogP contribution is 2.13. The molecule has 0 aliphatic carbocycles. The van der Waals surface area contributed by atoms with Gasteiger partial charge in [-0.1, -0.05) is 37.2 Å². The fraction of sp³-hybridized carbons (Fsp3) is 0.273. The number of rotatable bonds is 0. The van der Waals surface area contributed by atoms with Crippen LogP contribution in [0.15, 0.2) is 18.2 Å². The Kier molecular flexibility index (Phi) is 3.36. The average molecular weight is 227 g/mol. The van der Waals surface area contributed by atoms with Crippen LogP contribution in [0.5, 0.6) is 0 Å². The van der Waals surface area contributed by atoms with Gasteiger partial charge in [-0.2, -0.15) is 0 Å². The molecule has 3 heteroatoms. The molecule has 0 saturated carbocycles. The lowest BCUT2D eigenvalue weighted by Crippen LogP contribution is -2.16. The molecular weight excluding hydrogens is 215 g/mol. The van der Waals surface area contributed by atoms with Gasteiger partial charge in [0.2, 0.25) is 0 Å². The molecule has 0 saturated heterocycles. The molecule has 14 heavy (non-hydrogen) atoms. The van der Waals surface area contributed by atoms with E-state index in [1.807, 2.05) is 0 Å². The Balaban J connectivity index is 3.02. The van der Waals surface area contributed by atoms with E-state index in [2.05, 4.69) is 31.1 Å².